The van der Waals surface area contributed by atoms with Crippen LogP contribution in [0.4, 0.5) is 13.2 Å². The minimum atomic E-state index is -4.38. The number of hydrogen-bond acceptors (Lipinski definition) is 1. The fourth-order valence-electron chi connectivity index (χ4n) is 2.64. The van der Waals surface area contributed by atoms with Gasteiger partial charge in [0.2, 0.25) is 0 Å². The summed E-state index contributed by atoms with van der Waals surface area (Å²) in [4.78, 5) is 12.3. The maximum absolute atomic E-state index is 12.7. The molecule has 1 aliphatic carbocycles. The average molecular weight is 276 g/mol. The summed E-state index contributed by atoms with van der Waals surface area (Å²) < 4.78 is 38.2. The Balaban J connectivity index is 1.98. The summed E-state index contributed by atoms with van der Waals surface area (Å²) in [5.41, 5.74) is 1.25. The van der Waals surface area contributed by atoms with Crippen molar-refractivity contribution in [2.24, 2.45) is 0 Å². The highest BCUT2D eigenvalue weighted by Crippen LogP contribution is 2.36. The Bertz CT molecular complexity index is 673. The van der Waals surface area contributed by atoms with Crippen LogP contribution in [0.1, 0.15) is 33.0 Å². The Hall–Kier alpha value is -2.10. The zero-order chi connectivity index (χ0) is 14.3. The van der Waals surface area contributed by atoms with E-state index in [-0.39, 0.29) is 5.78 Å². The Morgan fingerprint density at radius 1 is 1.00 bits per heavy atom. The molecule has 0 saturated heterocycles. The van der Waals surface area contributed by atoms with Crippen LogP contribution in [0.2, 0.25) is 0 Å². The first kappa shape index (κ1) is 12.9. The molecule has 0 heterocycles. The van der Waals surface area contributed by atoms with Crippen LogP contribution in [0.3, 0.4) is 0 Å². The molecule has 20 heavy (non-hydrogen) atoms. The maximum Gasteiger partial charge on any atom is 0.416 e. The van der Waals surface area contributed by atoms with Crippen molar-refractivity contribution in [1.29, 1.82) is 0 Å². The van der Waals surface area contributed by atoms with Crippen LogP contribution >= 0.6 is 0 Å². The molecule has 102 valence electrons. The van der Waals surface area contributed by atoms with Crippen LogP contribution in [-0.4, -0.2) is 5.78 Å². The Morgan fingerprint density at radius 3 is 2.45 bits per heavy atom. The largest absolute Gasteiger partial charge is 0.416 e. The second-order valence-electron chi connectivity index (χ2n) is 4.90. The summed E-state index contributed by atoms with van der Waals surface area (Å²) in [6.07, 6.45) is -3.92. The third kappa shape index (κ3) is 2.11. The summed E-state index contributed by atoms with van der Waals surface area (Å²) in [5, 5.41) is 0. The van der Waals surface area contributed by atoms with Crippen molar-refractivity contribution in [2.75, 3.05) is 0 Å². The molecule has 0 aromatic heterocycles. The van der Waals surface area contributed by atoms with Gasteiger partial charge in [-0.15, -0.1) is 0 Å². The topological polar surface area (TPSA) is 17.1 Å². The molecule has 0 aliphatic heterocycles. The Morgan fingerprint density at radius 2 is 1.75 bits per heavy atom. The van der Waals surface area contributed by atoms with Crippen molar-refractivity contribution in [2.45, 2.75) is 18.5 Å². The third-order valence-corrected chi connectivity index (χ3v) is 3.64. The lowest BCUT2D eigenvalue weighted by atomic mass is 9.94. The van der Waals surface area contributed by atoms with Gasteiger partial charge in [0.25, 0.3) is 0 Å². The Labute approximate surface area is 114 Å². The number of hydrogen-bond donors (Lipinski definition) is 0. The monoisotopic (exact) mass is 276 g/mol. The zero-order valence-electron chi connectivity index (χ0n) is 10.4. The molecule has 4 heteroatoms. The highest BCUT2D eigenvalue weighted by atomic mass is 19.4. The molecular formula is C16H11F3O. The molecule has 3 rings (SSSR count). The number of carbonyl (C=O) groups excluding carboxylic acids is 1. The van der Waals surface area contributed by atoms with Crippen molar-refractivity contribution < 1.29 is 18.0 Å². The maximum atomic E-state index is 12.7. The average Bonchev–Trinajstić information content (AvgIpc) is 2.76. The fraction of sp³-hybridized carbons (Fsp3) is 0.188. The van der Waals surface area contributed by atoms with E-state index >= 15 is 0 Å². The normalized spacial score (nSPS) is 18.1. The Kier molecular flexibility index (Phi) is 2.89. The third-order valence-electron chi connectivity index (χ3n) is 3.64. The van der Waals surface area contributed by atoms with Gasteiger partial charge in [0.15, 0.2) is 5.78 Å². The van der Waals surface area contributed by atoms with Crippen LogP contribution in [-0.2, 0) is 12.6 Å². The smallest absolute Gasteiger partial charge is 0.293 e. The van der Waals surface area contributed by atoms with E-state index in [2.05, 4.69) is 0 Å². The molecule has 1 unspecified atom stereocenters. The van der Waals surface area contributed by atoms with Crippen LogP contribution in [0, 0.1) is 0 Å². The van der Waals surface area contributed by atoms with E-state index in [9.17, 15) is 18.0 Å². The first-order valence-corrected chi connectivity index (χ1v) is 6.26. The number of halogens is 3. The molecule has 0 N–H and O–H groups in total. The zero-order valence-corrected chi connectivity index (χ0v) is 10.4. The van der Waals surface area contributed by atoms with Gasteiger partial charge >= 0.3 is 6.18 Å². The fourth-order valence-corrected chi connectivity index (χ4v) is 2.64. The molecule has 0 fully saturated rings. The number of fused-ring (bicyclic) bond motifs is 1. The second kappa shape index (κ2) is 4.47. The standard InChI is InChI=1S/C16H11F3O/c17-16(18,19)12-6-3-5-10(8-12)14-9-11-4-1-2-7-13(11)15(14)20/h1-8,14H,9H2. The van der Waals surface area contributed by atoms with Gasteiger partial charge in [0.1, 0.15) is 0 Å². The van der Waals surface area contributed by atoms with Gasteiger partial charge in [-0.3, -0.25) is 4.79 Å². The van der Waals surface area contributed by atoms with Gasteiger partial charge < -0.3 is 0 Å². The van der Waals surface area contributed by atoms with Gasteiger partial charge in [0.05, 0.1) is 11.5 Å². The van der Waals surface area contributed by atoms with Gasteiger partial charge in [-0.25, -0.2) is 0 Å². The van der Waals surface area contributed by atoms with Crippen molar-refractivity contribution in [3.05, 3.63) is 70.8 Å². The minimum absolute atomic E-state index is 0.0973. The number of alkyl halides is 3. The summed E-state index contributed by atoms with van der Waals surface area (Å²) in [5.74, 6) is -0.602. The lowest BCUT2D eigenvalue weighted by Gasteiger charge is -2.12. The number of Topliss-reactive ketones (excluding diaryl/α,β-unsaturated/α-hetero) is 1. The lowest BCUT2D eigenvalue weighted by molar-refractivity contribution is -0.137. The highest BCUT2D eigenvalue weighted by molar-refractivity contribution is 6.05. The molecule has 2 aromatic rings. The highest BCUT2D eigenvalue weighted by Gasteiger charge is 2.34. The summed E-state index contributed by atoms with van der Waals surface area (Å²) in [6.45, 7) is 0. The molecule has 0 saturated carbocycles. The van der Waals surface area contributed by atoms with Gasteiger partial charge in [-0.05, 0) is 23.6 Å². The van der Waals surface area contributed by atoms with Crippen molar-refractivity contribution in [1.82, 2.24) is 0 Å². The van der Waals surface area contributed by atoms with E-state index in [1.54, 1.807) is 18.2 Å². The lowest BCUT2D eigenvalue weighted by Crippen LogP contribution is -2.10. The van der Waals surface area contributed by atoms with Gasteiger partial charge in [0, 0.05) is 5.56 Å². The van der Waals surface area contributed by atoms with Crippen LogP contribution in [0.15, 0.2) is 48.5 Å². The van der Waals surface area contributed by atoms with Crippen LogP contribution in [0.25, 0.3) is 0 Å². The molecular weight excluding hydrogens is 265 g/mol. The number of rotatable bonds is 1. The number of ketones is 1. The molecule has 0 amide bonds. The van der Waals surface area contributed by atoms with Crippen molar-refractivity contribution in [3.8, 4) is 0 Å². The molecule has 1 aliphatic rings. The van der Waals surface area contributed by atoms with E-state index < -0.39 is 17.7 Å². The van der Waals surface area contributed by atoms with E-state index in [0.717, 1.165) is 17.7 Å². The van der Waals surface area contributed by atoms with E-state index in [1.165, 1.54) is 6.07 Å². The predicted molar refractivity (Wildman–Crippen MR) is 68.7 cm³/mol. The number of benzene rings is 2. The predicted octanol–water partition coefficient (Wildman–Crippen LogP) is 4.23. The SMILES string of the molecule is O=C1c2ccccc2CC1c1cccc(C(F)(F)F)c1. The summed E-state index contributed by atoms with van der Waals surface area (Å²) >= 11 is 0. The molecule has 0 radical (unpaired) electrons. The quantitative estimate of drug-likeness (QED) is 0.761. The van der Waals surface area contributed by atoms with Crippen LogP contribution in [0.5, 0.6) is 0 Å². The summed E-state index contributed by atoms with van der Waals surface area (Å²) in [6, 6.07) is 12.2. The molecule has 0 spiro atoms. The van der Waals surface area contributed by atoms with E-state index in [0.29, 0.717) is 17.5 Å². The van der Waals surface area contributed by atoms with Crippen LogP contribution < -0.4 is 0 Å². The molecule has 1 nitrogen and oxygen atoms in total. The van der Waals surface area contributed by atoms with E-state index in [1.807, 2.05) is 12.1 Å². The minimum Gasteiger partial charge on any atom is -0.293 e. The summed E-state index contributed by atoms with van der Waals surface area (Å²) in [7, 11) is 0. The van der Waals surface area contributed by atoms with Crippen molar-refractivity contribution in [3.63, 3.8) is 0 Å². The molecule has 2 aromatic carbocycles. The molecule has 1 atom stereocenters. The van der Waals surface area contributed by atoms with E-state index in [4.69, 9.17) is 0 Å². The van der Waals surface area contributed by atoms with Gasteiger partial charge in [-0.1, -0.05) is 42.5 Å². The first-order chi connectivity index (χ1) is 9.47. The second-order valence-corrected chi connectivity index (χ2v) is 4.90. The molecule has 0 bridgehead atoms. The van der Waals surface area contributed by atoms with Gasteiger partial charge in [-0.2, -0.15) is 13.2 Å². The number of carbonyl (C=O) groups is 1. The first-order valence-electron chi connectivity index (χ1n) is 6.26. The van der Waals surface area contributed by atoms with Crippen molar-refractivity contribution >= 4 is 5.78 Å².